The molecule has 0 fully saturated rings. The lowest BCUT2D eigenvalue weighted by atomic mass is 10.1. The van der Waals surface area contributed by atoms with Crippen molar-refractivity contribution < 1.29 is 4.79 Å². The summed E-state index contributed by atoms with van der Waals surface area (Å²) >= 11 is 0. The molecule has 1 amide bonds. The third-order valence-corrected chi connectivity index (χ3v) is 1.47. The molecule has 3 nitrogen and oxygen atoms in total. The molecule has 0 saturated heterocycles. The van der Waals surface area contributed by atoms with E-state index in [0.29, 0.717) is 24.8 Å². The Balaban J connectivity index is 3.77. The average Bonchev–Trinajstić information content (AvgIpc) is 1.84. The van der Waals surface area contributed by atoms with E-state index in [1.54, 1.807) is 0 Å². The summed E-state index contributed by atoms with van der Waals surface area (Å²) in [6, 6.07) is 0. The van der Waals surface area contributed by atoms with Gasteiger partial charge in [-0.2, -0.15) is 0 Å². The van der Waals surface area contributed by atoms with Gasteiger partial charge in [0.25, 0.3) is 0 Å². The second-order valence-electron chi connectivity index (χ2n) is 4.04. The second-order valence-corrected chi connectivity index (χ2v) is 4.04. The van der Waals surface area contributed by atoms with Crippen molar-refractivity contribution in [3.63, 3.8) is 0 Å². The normalized spacial score (nSPS) is 10.9. The molecule has 2 N–H and O–H groups in total. The number of nitrogens with zero attached hydrogens (tertiary/aromatic N) is 1. The molecule has 0 aliphatic rings. The number of hydrogen-bond acceptors (Lipinski definition) is 2. The molecule has 0 aromatic rings. The maximum Gasteiger partial charge on any atom is 0.236 e. The van der Waals surface area contributed by atoms with Crippen LogP contribution in [0.3, 0.4) is 0 Å². The van der Waals surface area contributed by atoms with E-state index in [2.05, 4.69) is 0 Å². The minimum atomic E-state index is 0.0405. The molecule has 0 heterocycles. The van der Waals surface area contributed by atoms with E-state index in [1.165, 1.54) is 5.01 Å². The minimum Gasteiger partial charge on any atom is -0.280 e. The number of hydrazine groups is 1. The molecule has 0 aliphatic carbocycles. The van der Waals surface area contributed by atoms with Crippen LogP contribution in [0.1, 0.15) is 34.1 Å². The lowest BCUT2D eigenvalue weighted by molar-refractivity contribution is -0.132. The van der Waals surface area contributed by atoms with Crippen molar-refractivity contribution in [2.75, 3.05) is 6.54 Å². The van der Waals surface area contributed by atoms with Crippen LogP contribution in [0, 0.1) is 11.8 Å². The summed E-state index contributed by atoms with van der Waals surface area (Å²) in [7, 11) is 0. The third kappa shape index (κ3) is 5.13. The third-order valence-electron chi connectivity index (χ3n) is 1.47. The van der Waals surface area contributed by atoms with E-state index < -0.39 is 0 Å². The molecule has 0 saturated carbocycles. The second kappa shape index (κ2) is 5.14. The van der Waals surface area contributed by atoms with Gasteiger partial charge in [0, 0.05) is 13.0 Å². The molecular formula is C9H20N2O. The maximum absolute atomic E-state index is 11.3. The van der Waals surface area contributed by atoms with Gasteiger partial charge in [-0.25, -0.2) is 5.84 Å². The lowest BCUT2D eigenvalue weighted by Crippen LogP contribution is -2.40. The number of hydrogen-bond donors (Lipinski definition) is 1. The van der Waals surface area contributed by atoms with Gasteiger partial charge in [-0.1, -0.05) is 27.7 Å². The molecule has 0 aromatic heterocycles. The van der Waals surface area contributed by atoms with Gasteiger partial charge in [-0.3, -0.25) is 9.80 Å². The smallest absolute Gasteiger partial charge is 0.236 e. The van der Waals surface area contributed by atoms with E-state index in [1.807, 2.05) is 27.7 Å². The first-order valence-corrected chi connectivity index (χ1v) is 4.48. The van der Waals surface area contributed by atoms with Crippen molar-refractivity contribution in [2.24, 2.45) is 17.7 Å². The van der Waals surface area contributed by atoms with Crippen LogP contribution >= 0.6 is 0 Å². The van der Waals surface area contributed by atoms with Crippen LogP contribution in [0.2, 0.25) is 0 Å². The van der Waals surface area contributed by atoms with Gasteiger partial charge in [0.05, 0.1) is 0 Å². The van der Waals surface area contributed by atoms with Crippen molar-refractivity contribution >= 4 is 5.91 Å². The summed E-state index contributed by atoms with van der Waals surface area (Å²) in [6.07, 6.45) is 0.545. The fraction of sp³-hybridized carbons (Fsp3) is 0.889. The molecule has 0 unspecified atom stereocenters. The van der Waals surface area contributed by atoms with Crippen LogP contribution in [0.4, 0.5) is 0 Å². The van der Waals surface area contributed by atoms with Crippen molar-refractivity contribution in [3.05, 3.63) is 0 Å². The number of carbonyl (C=O) groups is 1. The van der Waals surface area contributed by atoms with Gasteiger partial charge in [0.2, 0.25) is 5.91 Å². The molecule has 0 aromatic carbocycles. The largest absolute Gasteiger partial charge is 0.280 e. The molecule has 0 spiro atoms. The van der Waals surface area contributed by atoms with Crippen LogP contribution in [0.15, 0.2) is 0 Å². The van der Waals surface area contributed by atoms with Gasteiger partial charge >= 0.3 is 0 Å². The van der Waals surface area contributed by atoms with Gasteiger partial charge in [-0.05, 0) is 11.8 Å². The Morgan fingerprint density at radius 2 is 1.75 bits per heavy atom. The van der Waals surface area contributed by atoms with Crippen LogP contribution in [-0.2, 0) is 4.79 Å². The molecule has 0 bridgehead atoms. The predicted molar refractivity (Wildman–Crippen MR) is 50.2 cm³/mol. The highest BCUT2D eigenvalue weighted by Crippen LogP contribution is 2.03. The maximum atomic E-state index is 11.3. The van der Waals surface area contributed by atoms with Crippen molar-refractivity contribution in [3.8, 4) is 0 Å². The first-order valence-electron chi connectivity index (χ1n) is 4.48. The molecule has 0 rings (SSSR count). The van der Waals surface area contributed by atoms with Gasteiger partial charge in [0.15, 0.2) is 0 Å². The zero-order valence-corrected chi connectivity index (χ0v) is 8.50. The van der Waals surface area contributed by atoms with Crippen LogP contribution in [-0.4, -0.2) is 17.5 Å². The van der Waals surface area contributed by atoms with E-state index >= 15 is 0 Å². The zero-order chi connectivity index (χ0) is 9.72. The number of rotatable bonds is 4. The van der Waals surface area contributed by atoms with Gasteiger partial charge in [0.1, 0.15) is 0 Å². The first-order chi connectivity index (χ1) is 5.43. The van der Waals surface area contributed by atoms with Gasteiger partial charge < -0.3 is 0 Å². The standard InChI is InChI=1S/C9H20N2O/c1-7(2)5-9(12)11(10)6-8(3)4/h7-8H,5-6,10H2,1-4H3. The predicted octanol–water partition coefficient (Wildman–Crippen LogP) is 1.39. The molecular weight excluding hydrogens is 152 g/mol. The fourth-order valence-electron chi connectivity index (χ4n) is 0.962. The summed E-state index contributed by atoms with van der Waals surface area (Å²) in [5.74, 6) is 6.41. The minimum absolute atomic E-state index is 0.0405. The summed E-state index contributed by atoms with van der Waals surface area (Å²) in [5, 5.41) is 1.32. The van der Waals surface area contributed by atoms with Crippen LogP contribution < -0.4 is 5.84 Å². The van der Waals surface area contributed by atoms with E-state index in [4.69, 9.17) is 5.84 Å². The summed E-state index contributed by atoms with van der Waals surface area (Å²) < 4.78 is 0. The van der Waals surface area contributed by atoms with Crippen molar-refractivity contribution in [1.29, 1.82) is 0 Å². The monoisotopic (exact) mass is 172 g/mol. The molecule has 12 heavy (non-hydrogen) atoms. The quantitative estimate of drug-likeness (QED) is 0.396. The van der Waals surface area contributed by atoms with E-state index in [0.717, 1.165) is 0 Å². The summed E-state index contributed by atoms with van der Waals surface area (Å²) in [4.78, 5) is 11.3. The number of amides is 1. The fourth-order valence-corrected chi connectivity index (χ4v) is 0.962. The topological polar surface area (TPSA) is 46.3 Å². The molecule has 0 aliphatic heterocycles. The van der Waals surface area contributed by atoms with Gasteiger partial charge in [-0.15, -0.1) is 0 Å². The Morgan fingerprint density at radius 3 is 2.08 bits per heavy atom. The highest BCUT2D eigenvalue weighted by molar-refractivity contribution is 5.75. The molecule has 3 heteroatoms. The van der Waals surface area contributed by atoms with Crippen LogP contribution in [0.5, 0.6) is 0 Å². The highest BCUT2D eigenvalue weighted by atomic mass is 16.2. The molecule has 0 radical (unpaired) electrons. The Kier molecular flexibility index (Phi) is 4.90. The van der Waals surface area contributed by atoms with Crippen molar-refractivity contribution in [1.82, 2.24) is 5.01 Å². The highest BCUT2D eigenvalue weighted by Gasteiger charge is 2.11. The Hall–Kier alpha value is -0.570. The van der Waals surface area contributed by atoms with E-state index in [-0.39, 0.29) is 5.91 Å². The Morgan fingerprint density at radius 1 is 1.25 bits per heavy atom. The molecule has 72 valence electrons. The van der Waals surface area contributed by atoms with E-state index in [9.17, 15) is 4.79 Å². The Bertz CT molecular complexity index is 143. The average molecular weight is 172 g/mol. The number of nitrogens with two attached hydrogens (primary N) is 1. The Labute approximate surface area is 74.9 Å². The first kappa shape index (κ1) is 11.4. The summed E-state index contributed by atoms with van der Waals surface area (Å²) in [6.45, 7) is 8.76. The summed E-state index contributed by atoms with van der Waals surface area (Å²) in [5.41, 5.74) is 0. The number of carbonyl (C=O) groups excluding carboxylic acids is 1. The van der Waals surface area contributed by atoms with Crippen LogP contribution in [0.25, 0.3) is 0 Å². The molecule has 0 atom stereocenters. The van der Waals surface area contributed by atoms with Crippen molar-refractivity contribution in [2.45, 2.75) is 34.1 Å². The lowest BCUT2D eigenvalue weighted by Gasteiger charge is -2.19. The zero-order valence-electron chi connectivity index (χ0n) is 8.50. The SMILES string of the molecule is CC(C)CC(=O)N(N)CC(C)C.